The van der Waals surface area contributed by atoms with Gasteiger partial charge in [-0.2, -0.15) is 0 Å². The molecule has 3 N–H and O–H groups in total. The highest BCUT2D eigenvalue weighted by atomic mass is 16.4. The Balaban J connectivity index is 2.51. The third-order valence-corrected chi connectivity index (χ3v) is 2.69. The van der Waals surface area contributed by atoms with Crippen LogP contribution in [-0.4, -0.2) is 11.1 Å². The van der Waals surface area contributed by atoms with Crippen molar-refractivity contribution in [1.29, 1.82) is 0 Å². The average molecular weight is 191 g/mol. The molecule has 0 radical (unpaired) electrons. The van der Waals surface area contributed by atoms with Gasteiger partial charge in [0, 0.05) is 5.69 Å². The van der Waals surface area contributed by atoms with Crippen LogP contribution in [-0.2, 0) is 0 Å². The molecule has 1 aromatic carbocycles. The second kappa shape index (κ2) is 3.01. The summed E-state index contributed by atoms with van der Waals surface area (Å²) in [4.78, 5) is 10.9. The first-order valence-corrected chi connectivity index (χ1v) is 4.73. The number of anilines is 1. The maximum Gasteiger partial charge on any atom is 0.337 e. The van der Waals surface area contributed by atoms with Crippen LogP contribution in [0.3, 0.4) is 0 Å². The Morgan fingerprint density at radius 2 is 2.14 bits per heavy atom. The summed E-state index contributed by atoms with van der Waals surface area (Å²) in [5, 5.41) is 8.94. The van der Waals surface area contributed by atoms with Crippen molar-refractivity contribution >= 4 is 11.7 Å². The smallest absolute Gasteiger partial charge is 0.337 e. The Labute approximate surface area is 82.5 Å². The number of carboxylic acid groups (broad SMARTS) is 1. The highest BCUT2D eigenvalue weighted by molar-refractivity contribution is 5.94. The molecule has 74 valence electrons. The molecule has 0 unspecified atom stereocenters. The third-order valence-electron chi connectivity index (χ3n) is 2.69. The molecule has 1 aromatic rings. The molecule has 14 heavy (non-hydrogen) atoms. The van der Waals surface area contributed by atoms with E-state index in [0.717, 1.165) is 11.1 Å². The normalized spacial score (nSPS) is 15.5. The summed E-state index contributed by atoms with van der Waals surface area (Å²) in [7, 11) is 0. The molecule has 0 bridgehead atoms. The molecule has 0 aliphatic heterocycles. The van der Waals surface area contributed by atoms with Gasteiger partial charge in [-0.15, -0.1) is 0 Å². The zero-order chi connectivity index (χ0) is 10.3. The van der Waals surface area contributed by atoms with Crippen LogP contribution in [0.1, 0.15) is 40.2 Å². The van der Waals surface area contributed by atoms with Gasteiger partial charge in [0.15, 0.2) is 0 Å². The van der Waals surface area contributed by atoms with E-state index in [4.69, 9.17) is 10.8 Å². The monoisotopic (exact) mass is 191 g/mol. The van der Waals surface area contributed by atoms with Gasteiger partial charge in [0.1, 0.15) is 0 Å². The SMILES string of the molecule is Cc1cc(C2CC2)cc(C(=O)O)c1N. The first-order chi connectivity index (χ1) is 6.59. The lowest BCUT2D eigenvalue weighted by molar-refractivity contribution is 0.0698. The summed E-state index contributed by atoms with van der Waals surface area (Å²) >= 11 is 0. The van der Waals surface area contributed by atoms with Gasteiger partial charge in [0.25, 0.3) is 0 Å². The molecule has 1 saturated carbocycles. The minimum Gasteiger partial charge on any atom is -0.478 e. The summed E-state index contributed by atoms with van der Waals surface area (Å²) in [6, 6.07) is 3.71. The maximum atomic E-state index is 10.9. The molecule has 0 saturated heterocycles. The lowest BCUT2D eigenvalue weighted by Crippen LogP contribution is -2.05. The fourth-order valence-corrected chi connectivity index (χ4v) is 1.66. The van der Waals surface area contributed by atoms with Crippen LogP contribution in [0.2, 0.25) is 0 Å². The largest absolute Gasteiger partial charge is 0.478 e. The van der Waals surface area contributed by atoms with Gasteiger partial charge >= 0.3 is 5.97 Å². The molecular formula is C11H13NO2. The van der Waals surface area contributed by atoms with Crippen molar-refractivity contribution in [1.82, 2.24) is 0 Å². The van der Waals surface area contributed by atoms with Crippen molar-refractivity contribution in [2.45, 2.75) is 25.7 Å². The quantitative estimate of drug-likeness (QED) is 0.704. The number of nitrogen functional groups attached to an aromatic ring is 1. The molecule has 1 fully saturated rings. The number of benzene rings is 1. The van der Waals surface area contributed by atoms with Crippen molar-refractivity contribution in [2.24, 2.45) is 0 Å². The minimum absolute atomic E-state index is 0.243. The van der Waals surface area contributed by atoms with Crippen molar-refractivity contribution in [3.8, 4) is 0 Å². The van der Waals surface area contributed by atoms with Crippen molar-refractivity contribution in [3.63, 3.8) is 0 Å². The molecule has 0 atom stereocenters. The molecule has 0 amide bonds. The van der Waals surface area contributed by atoms with E-state index in [1.807, 2.05) is 13.0 Å². The Hall–Kier alpha value is -1.51. The van der Waals surface area contributed by atoms with E-state index in [1.165, 1.54) is 12.8 Å². The summed E-state index contributed by atoms with van der Waals surface area (Å²) < 4.78 is 0. The van der Waals surface area contributed by atoms with E-state index in [1.54, 1.807) is 6.07 Å². The van der Waals surface area contributed by atoms with E-state index in [-0.39, 0.29) is 5.56 Å². The molecule has 1 aliphatic rings. The predicted molar refractivity (Wildman–Crippen MR) is 54.5 cm³/mol. The van der Waals surface area contributed by atoms with Gasteiger partial charge in [-0.3, -0.25) is 0 Å². The van der Waals surface area contributed by atoms with E-state index in [2.05, 4.69) is 0 Å². The standard InChI is InChI=1S/C11H13NO2/c1-6-4-8(7-2-3-7)5-9(10(6)12)11(13)14/h4-5,7H,2-3,12H2,1H3,(H,13,14). The first-order valence-electron chi connectivity index (χ1n) is 4.73. The average Bonchev–Trinajstić information content (AvgIpc) is 2.91. The molecule has 0 heterocycles. The summed E-state index contributed by atoms with van der Waals surface area (Å²) in [6.45, 7) is 1.85. The fourth-order valence-electron chi connectivity index (χ4n) is 1.66. The number of nitrogens with two attached hydrogens (primary N) is 1. The zero-order valence-corrected chi connectivity index (χ0v) is 8.08. The zero-order valence-electron chi connectivity index (χ0n) is 8.08. The first kappa shape index (κ1) is 9.06. The second-order valence-corrected chi connectivity index (χ2v) is 3.88. The molecular weight excluding hydrogens is 178 g/mol. The van der Waals surface area contributed by atoms with Crippen molar-refractivity contribution < 1.29 is 9.90 Å². The molecule has 1 aliphatic carbocycles. The van der Waals surface area contributed by atoms with Crippen LogP contribution in [0.25, 0.3) is 0 Å². The topological polar surface area (TPSA) is 63.3 Å². The predicted octanol–water partition coefficient (Wildman–Crippen LogP) is 2.15. The third kappa shape index (κ3) is 1.45. The number of rotatable bonds is 2. The Bertz CT molecular complexity index is 395. The van der Waals surface area contributed by atoms with E-state index >= 15 is 0 Å². The van der Waals surface area contributed by atoms with Crippen LogP contribution in [0.15, 0.2) is 12.1 Å². The maximum absolute atomic E-state index is 10.9. The van der Waals surface area contributed by atoms with E-state index in [0.29, 0.717) is 11.6 Å². The van der Waals surface area contributed by atoms with Crippen LogP contribution in [0, 0.1) is 6.92 Å². The Morgan fingerprint density at radius 3 is 2.64 bits per heavy atom. The number of aryl methyl sites for hydroxylation is 1. The van der Waals surface area contributed by atoms with Crippen LogP contribution in [0.4, 0.5) is 5.69 Å². The van der Waals surface area contributed by atoms with Crippen molar-refractivity contribution in [2.75, 3.05) is 5.73 Å². The molecule has 0 spiro atoms. The number of carboxylic acids is 1. The van der Waals surface area contributed by atoms with Gasteiger partial charge in [0.2, 0.25) is 0 Å². The lowest BCUT2D eigenvalue weighted by atomic mass is 10.0. The second-order valence-electron chi connectivity index (χ2n) is 3.88. The molecule has 3 heteroatoms. The molecule has 3 nitrogen and oxygen atoms in total. The summed E-state index contributed by atoms with van der Waals surface area (Å²) in [5.74, 6) is -0.375. The van der Waals surface area contributed by atoms with Crippen LogP contribution in [0.5, 0.6) is 0 Å². The van der Waals surface area contributed by atoms with E-state index in [9.17, 15) is 4.79 Å². The Morgan fingerprint density at radius 1 is 1.50 bits per heavy atom. The van der Waals surface area contributed by atoms with Gasteiger partial charge in [-0.25, -0.2) is 4.79 Å². The van der Waals surface area contributed by atoms with Crippen LogP contribution >= 0.6 is 0 Å². The lowest BCUT2D eigenvalue weighted by Gasteiger charge is -2.07. The van der Waals surface area contributed by atoms with Crippen molar-refractivity contribution in [3.05, 3.63) is 28.8 Å². The number of aromatic carboxylic acids is 1. The number of carbonyl (C=O) groups is 1. The fraction of sp³-hybridized carbons (Fsp3) is 0.364. The summed E-state index contributed by atoms with van der Waals surface area (Å²) in [6.07, 6.45) is 2.34. The minimum atomic E-state index is -0.937. The van der Waals surface area contributed by atoms with E-state index < -0.39 is 5.97 Å². The highest BCUT2D eigenvalue weighted by Gasteiger charge is 2.25. The van der Waals surface area contributed by atoms with Gasteiger partial charge in [-0.05, 0) is 42.9 Å². The summed E-state index contributed by atoms with van der Waals surface area (Å²) in [5.41, 5.74) is 8.31. The number of hydrogen-bond acceptors (Lipinski definition) is 2. The number of hydrogen-bond donors (Lipinski definition) is 2. The van der Waals surface area contributed by atoms with Gasteiger partial charge in [0.05, 0.1) is 5.56 Å². The Kier molecular flexibility index (Phi) is 1.95. The van der Waals surface area contributed by atoms with Crippen LogP contribution < -0.4 is 5.73 Å². The molecule has 0 aromatic heterocycles. The van der Waals surface area contributed by atoms with Gasteiger partial charge in [-0.1, -0.05) is 6.07 Å². The van der Waals surface area contributed by atoms with Gasteiger partial charge < -0.3 is 10.8 Å². The molecule has 2 rings (SSSR count). The highest BCUT2D eigenvalue weighted by Crippen LogP contribution is 2.41.